The zero-order valence-electron chi connectivity index (χ0n) is 29.5. The Balaban J connectivity index is 0.000000148. The molecule has 1 atom stereocenters. The van der Waals surface area contributed by atoms with Crippen molar-refractivity contribution in [2.75, 3.05) is 14.2 Å². The minimum absolute atomic E-state index is 0. The van der Waals surface area contributed by atoms with Gasteiger partial charge >= 0.3 is 11.3 Å². The highest BCUT2D eigenvalue weighted by molar-refractivity contribution is 5.91. The number of allylic oxidation sites excluding steroid dienone is 1. The Morgan fingerprint density at radius 2 is 1.15 bits per heavy atom. The van der Waals surface area contributed by atoms with Gasteiger partial charge in [0.25, 0.3) is 5.79 Å². The molecule has 2 aromatic carbocycles. The Labute approximate surface area is 315 Å². The van der Waals surface area contributed by atoms with E-state index in [1.54, 1.807) is 38.5 Å². The lowest BCUT2D eigenvalue weighted by molar-refractivity contribution is -0.645. The molecule has 13 rings (SSSR count). The van der Waals surface area contributed by atoms with Crippen LogP contribution < -0.4 is 11.3 Å². The van der Waals surface area contributed by atoms with Crippen LogP contribution in [0.4, 0.5) is 0 Å². The van der Waals surface area contributed by atoms with Gasteiger partial charge in [-0.3, -0.25) is 0 Å². The van der Waals surface area contributed by atoms with Gasteiger partial charge in [-0.05, 0) is 141 Å². The molecule has 8 bridgehead atoms. The zero-order chi connectivity index (χ0) is 35.5. The van der Waals surface area contributed by atoms with Crippen LogP contribution in [-0.4, -0.2) is 30.0 Å². The van der Waals surface area contributed by atoms with Gasteiger partial charge in [-0.25, -0.2) is 14.5 Å². The predicted octanol–water partition coefficient (Wildman–Crippen LogP) is 9.04. The molecular formula is C44H52O10. The van der Waals surface area contributed by atoms with E-state index in [0.29, 0.717) is 45.8 Å². The first-order valence-corrected chi connectivity index (χ1v) is 18.9. The number of hydrogen-bond donors (Lipinski definition) is 2. The fraction of sp³-hybridized carbons (Fsp3) is 0.545. The maximum absolute atomic E-state index is 11.7. The standard InChI is InChI=1S/C21H22O6.C21H22O4.2CH4/c1-24-21(17-9-15(22)10-18-16(17)2-3-19(23)25-18)20(26-27-21)13-5-11-4-12(7-13)8-14(20)6-11;1-24-21(20-13-5-11-4-12(7-13)8-14(20)6-11)17-9-15(22)10-18-16(17)2-3-19(23)25-18;;/h2-3,9-14,22H,4-8H2,1H3;2-3,9-14,22H,4-8H2,1H3;2*1H4. The summed E-state index contributed by atoms with van der Waals surface area (Å²) in [5, 5.41) is 22.0. The van der Waals surface area contributed by atoms with Crippen molar-refractivity contribution in [3.05, 3.63) is 86.1 Å². The second-order valence-electron chi connectivity index (χ2n) is 16.7. The Morgan fingerprint density at radius 3 is 1.65 bits per heavy atom. The third-order valence-electron chi connectivity index (χ3n) is 14.0. The lowest BCUT2D eigenvalue weighted by atomic mass is 9.47. The van der Waals surface area contributed by atoms with Gasteiger partial charge < -0.3 is 28.5 Å². The van der Waals surface area contributed by atoms with Crippen LogP contribution in [0.2, 0.25) is 0 Å². The number of fused-ring (bicyclic) bond motifs is 2. The van der Waals surface area contributed by atoms with Crippen molar-refractivity contribution in [3.63, 3.8) is 0 Å². The van der Waals surface area contributed by atoms with Crippen LogP contribution in [-0.2, 0) is 25.0 Å². The van der Waals surface area contributed by atoms with Crippen molar-refractivity contribution in [2.24, 2.45) is 47.3 Å². The van der Waals surface area contributed by atoms with Gasteiger partial charge in [0.15, 0.2) is 5.60 Å². The molecule has 1 saturated heterocycles. The van der Waals surface area contributed by atoms with Crippen LogP contribution in [0, 0.1) is 47.3 Å². The molecule has 10 nitrogen and oxygen atoms in total. The third-order valence-corrected chi connectivity index (χ3v) is 14.0. The predicted molar refractivity (Wildman–Crippen MR) is 203 cm³/mol. The molecule has 1 spiro atoms. The summed E-state index contributed by atoms with van der Waals surface area (Å²) < 4.78 is 22.6. The first-order chi connectivity index (χ1) is 25.2. The monoisotopic (exact) mass is 740 g/mol. The molecule has 4 aromatic rings. The minimum Gasteiger partial charge on any atom is -0.508 e. The third kappa shape index (κ3) is 5.30. The van der Waals surface area contributed by atoms with E-state index in [1.807, 2.05) is 0 Å². The molecule has 1 aliphatic heterocycles. The number of methoxy groups -OCH3 is 2. The molecular weight excluding hydrogens is 688 g/mol. The summed E-state index contributed by atoms with van der Waals surface area (Å²) in [6.07, 6.45) is 12.3. The van der Waals surface area contributed by atoms with E-state index in [4.69, 9.17) is 28.1 Å². The van der Waals surface area contributed by atoms with Crippen LogP contribution in [0.3, 0.4) is 0 Å². The SMILES string of the molecule is C.C.COC(=C1C2CC3CC(C2)CC1C3)c1cc(O)cc2oc(=O)ccc12.COC1(c2cc(O)cc3oc(=O)ccc23)OOC12C1CC3CC(C1)CC2C3. The Bertz CT molecular complexity index is 2190. The van der Waals surface area contributed by atoms with Crippen LogP contribution in [0.25, 0.3) is 27.7 Å². The van der Waals surface area contributed by atoms with E-state index in [9.17, 15) is 19.8 Å². The minimum atomic E-state index is -1.10. The van der Waals surface area contributed by atoms with Gasteiger partial charge in [0.2, 0.25) is 0 Å². The van der Waals surface area contributed by atoms with Crippen LogP contribution in [0.15, 0.2) is 72.5 Å². The lowest BCUT2D eigenvalue weighted by Gasteiger charge is -2.68. The molecule has 2 N–H and O–H groups in total. The Hall–Kier alpha value is -4.12. The summed E-state index contributed by atoms with van der Waals surface area (Å²) in [5.74, 6) is 5.12. The van der Waals surface area contributed by atoms with Crippen LogP contribution >= 0.6 is 0 Å². The number of ether oxygens (including phenoxy) is 2. The second kappa shape index (κ2) is 13.3. The summed E-state index contributed by atoms with van der Waals surface area (Å²) >= 11 is 0. The number of phenolic OH excluding ortho intramolecular Hbond substituents is 2. The summed E-state index contributed by atoms with van der Waals surface area (Å²) in [4.78, 5) is 35.0. The van der Waals surface area contributed by atoms with Crippen molar-refractivity contribution in [3.8, 4) is 11.5 Å². The molecule has 0 amide bonds. The summed E-state index contributed by atoms with van der Waals surface area (Å²) in [5.41, 5.74) is 2.24. The van der Waals surface area contributed by atoms with Crippen molar-refractivity contribution < 1.29 is 38.3 Å². The number of aromatic hydroxyl groups is 2. The highest BCUT2D eigenvalue weighted by Gasteiger charge is 2.77. The highest BCUT2D eigenvalue weighted by atomic mass is 17.3. The van der Waals surface area contributed by atoms with Gasteiger partial charge in [0, 0.05) is 53.3 Å². The van der Waals surface area contributed by atoms with Crippen molar-refractivity contribution >= 4 is 27.7 Å². The summed E-state index contributed by atoms with van der Waals surface area (Å²) in [6.45, 7) is 0. The first kappa shape index (κ1) is 36.8. The van der Waals surface area contributed by atoms with Gasteiger partial charge in [-0.1, -0.05) is 14.9 Å². The smallest absolute Gasteiger partial charge is 0.336 e. The van der Waals surface area contributed by atoms with Crippen LogP contribution in [0.1, 0.15) is 90.2 Å². The van der Waals surface area contributed by atoms with Gasteiger partial charge in [0.05, 0.1) is 7.11 Å². The number of hydrogen-bond acceptors (Lipinski definition) is 10. The van der Waals surface area contributed by atoms with E-state index in [-0.39, 0.29) is 26.4 Å². The Kier molecular flexibility index (Phi) is 9.05. The molecule has 9 aliphatic rings. The fourth-order valence-corrected chi connectivity index (χ4v) is 12.6. The van der Waals surface area contributed by atoms with Crippen molar-refractivity contribution in [1.29, 1.82) is 0 Å². The Morgan fingerprint density at radius 1 is 0.648 bits per heavy atom. The topological polar surface area (TPSA) is 138 Å². The molecule has 8 aliphatic carbocycles. The molecule has 0 radical (unpaired) electrons. The molecule has 288 valence electrons. The first-order valence-electron chi connectivity index (χ1n) is 18.9. The second-order valence-corrected chi connectivity index (χ2v) is 16.7. The van der Waals surface area contributed by atoms with E-state index in [1.165, 1.54) is 68.4 Å². The number of benzene rings is 2. The molecule has 9 fully saturated rings. The number of phenols is 2. The van der Waals surface area contributed by atoms with Gasteiger partial charge in [-0.15, -0.1) is 0 Å². The van der Waals surface area contributed by atoms with E-state index >= 15 is 0 Å². The maximum atomic E-state index is 11.7. The van der Waals surface area contributed by atoms with E-state index in [2.05, 4.69) is 0 Å². The van der Waals surface area contributed by atoms with Crippen molar-refractivity contribution in [2.45, 2.75) is 90.4 Å². The van der Waals surface area contributed by atoms with Crippen LogP contribution in [0.5, 0.6) is 11.5 Å². The summed E-state index contributed by atoms with van der Waals surface area (Å²) in [7, 11) is 3.34. The molecule has 2 aromatic heterocycles. The summed E-state index contributed by atoms with van der Waals surface area (Å²) in [6, 6.07) is 12.6. The molecule has 8 saturated carbocycles. The molecule has 1 unspecified atom stereocenters. The van der Waals surface area contributed by atoms with Gasteiger partial charge in [0.1, 0.15) is 28.4 Å². The zero-order valence-corrected chi connectivity index (χ0v) is 29.5. The fourth-order valence-electron chi connectivity index (χ4n) is 12.6. The molecule has 54 heavy (non-hydrogen) atoms. The maximum Gasteiger partial charge on any atom is 0.336 e. The van der Waals surface area contributed by atoms with E-state index in [0.717, 1.165) is 66.1 Å². The van der Waals surface area contributed by atoms with E-state index < -0.39 is 22.6 Å². The quantitative estimate of drug-likeness (QED) is 0.118. The molecule has 10 heteroatoms. The lowest BCUT2D eigenvalue weighted by Crippen LogP contribution is -2.76. The van der Waals surface area contributed by atoms with Gasteiger partial charge in [-0.2, -0.15) is 4.89 Å². The highest BCUT2D eigenvalue weighted by Crippen LogP contribution is 2.70. The molecule has 3 heterocycles. The number of rotatable bonds is 4. The normalized spacial score (nSPS) is 34.9. The largest absolute Gasteiger partial charge is 0.508 e. The van der Waals surface area contributed by atoms with Crippen molar-refractivity contribution in [1.82, 2.24) is 0 Å². The average Bonchev–Trinajstić information content (AvgIpc) is 3.09. The average molecular weight is 741 g/mol.